The summed E-state index contributed by atoms with van der Waals surface area (Å²) in [7, 11) is 0. The number of pyridine rings is 1. The van der Waals surface area contributed by atoms with Gasteiger partial charge < -0.3 is 15.4 Å². The van der Waals surface area contributed by atoms with Gasteiger partial charge >= 0.3 is 0 Å². The number of morpholine rings is 1. The summed E-state index contributed by atoms with van der Waals surface area (Å²) in [5.74, 6) is 0.540. The number of hydrogen-bond donors (Lipinski definition) is 2. The second kappa shape index (κ2) is 5.82. The number of rotatable bonds is 3. The molecule has 1 unspecified atom stereocenters. The van der Waals surface area contributed by atoms with Crippen LogP contribution in [0.1, 0.15) is 5.56 Å². The predicted octanol–water partition coefficient (Wildman–Crippen LogP) is 1.01. The standard InChI is InChI=1S/C11H13ClN4O/c12-10-8(5-13)1-2-15-11(10)16-6-9-7-17-4-3-14-9/h1-2,9,14H,3-4,6-7H2,(H,15,16). The highest BCUT2D eigenvalue weighted by Gasteiger charge is 2.14. The summed E-state index contributed by atoms with van der Waals surface area (Å²) < 4.78 is 5.34. The quantitative estimate of drug-likeness (QED) is 0.840. The molecule has 1 aliphatic rings. The molecule has 1 fully saturated rings. The second-order valence-corrected chi connectivity index (χ2v) is 4.12. The molecule has 90 valence electrons. The van der Waals surface area contributed by atoms with Crippen LogP contribution in [0, 0.1) is 11.3 Å². The first-order chi connectivity index (χ1) is 8.31. The van der Waals surface area contributed by atoms with Crippen LogP contribution in [0.3, 0.4) is 0 Å². The maximum Gasteiger partial charge on any atom is 0.146 e. The summed E-state index contributed by atoms with van der Waals surface area (Å²) in [6.07, 6.45) is 1.57. The summed E-state index contributed by atoms with van der Waals surface area (Å²) in [6.45, 7) is 2.94. The number of nitrogens with zero attached hydrogens (tertiary/aromatic N) is 2. The van der Waals surface area contributed by atoms with Crippen molar-refractivity contribution in [2.24, 2.45) is 0 Å². The van der Waals surface area contributed by atoms with Crippen LogP contribution < -0.4 is 10.6 Å². The molecule has 2 N–H and O–H groups in total. The predicted molar refractivity (Wildman–Crippen MR) is 65.1 cm³/mol. The molecule has 0 amide bonds. The van der Waals surface area contributed by atoms with E-state index in [0.717, 1.165) is 13.2 Å². The fourth-order valence-electron chi connectivity index (χ4n) is 1.62. The third-order valence-corrected chi connectivity index (χ3v) is 2.91. The zero-order valence-corrected chi connectivity index (χ0v) is 10.00. The van der Waals surface area contributed by atoms with E-state index in [4.69, 9.17) is 21.6 Å². The maximum absolute atomic E-state index is 8.84. The maximum atomic E-state index is 8.84. The van der Waals surface area contributed by atoms with E-state index in [9.17, 15) is 0 Å². The lowest BCUT2D eigenvalue weighted by Gasteiger charge is -2.24. The Morgan fingerprint density at radius 1 is 1.71 bits per heavy atom. The van der Waals surface area contributed by atoms with Crippen molar-refractivity contribution in [1.82, 2.24) is 10.3 Å². The van der Waals surface area contributed by atoms with Crippen LogP contribution in [-0.2, 0) is 4.74 Å². The van der Waals surface area contributed by atoms with E-state index in [1.165, 1.54) is 0 Å². The average molecular weight is 253 g/mol. The van der Waals surface area contributed by atoms with Crippen molar-refractivity contribution in [1.29, 1.82) is 5.26 Å². The monoisotopic (exact) mass is 252 g/mol. The Labute approximate surface area is 105 Å². The topological polar surface area (TPSA) is 70.0 Å². The van der Waals surface area contributed by atoms with Crippen molar-refractivity contribution in [3.63, 3.8) is 0 Å². The van der Waals surface area contributed by atoms with Gasteiger partial charge in [-0.1, -0.05) is 11.6 Å². The Bertz CT molecular complexity index is 426. The molecule has 1 saturated heterocycles. The fraction of sp³-hybridized carbons (Fsp3) is 0.455. The molecule has 0 aliphatic carbocycles. The lowest BCUT2D eigenvalue weighted by molar-refractivity contribution is 0.0806. The normalized spacial score (nSPS) is 19.6. The van der Waals surface area contributed by atoms with E-state index < -0.39 is 0 Å². The van der Waals surface area contributed by atoms with Crippen molar-refractivity contribution < 1.29 is 4.74 Å². The Balaban J connectivity index is 1.96. The van der Waals surface area contributed by atoms with Crippen molar-refractivity contribution in [2.75, 3.05) is 31.6 Å². The van der Waals surface area contributed by atoms with Gasteiger partial charge in [0.05, 0.1) is 18.8 Å². The Kier molecular flexibility index (Phi) is 4.15. The molecule has 1 aliphatic heterocycles. The molecule has 0 bridgehead atoms. The molecule has 1 aromatic rings. The summed E-state index contributed by atoms with van der Waals surface area (Å²) >= 11 is 6.03. The lowest BCUT2D eigenvalue weighted by atomic mass is 10.2. The highest BCUT2D eigenvalue weighted by molar-refractivity contribution is 6.34. The van der Waals surface area contributed by atoms with Crippen molar-refractivity contribution >= 4 is 17.4 Å². The molecule has 2 rings (SSSR count). The average Bonchev–Trinajstić information content (AvgIpc) is 2.39. The molecule has 2 heterocycles. The molecule has 1 atom stereocenters. The van der Waals surface area contributed by atoms with E-state index in [-0.39, 0.29) is 6.04 Å². The van der Waals surface area contributed by atoms with Gasteiger partial charge in [-0.2, -0.15) is 5.26 Å². The first-order valence-electron chi connectivity index (χ1n) is 5.41. The summed E-state index contributed by atoms with van der Waals surface area (Å²) in [4.78, 5) is 4.11. The summed E-state index contributed by atoms with van der Waals surface area (Å²) in [5.41, 5.74) is 0.428. The number of ether oxygens (including phenoxy) is 1. The summed E-state index contributed by atoms with van der Waals surface area (Å²) in [5, 5.41) is 15.6. The number of hydrogen-bond acceptors (Lipinski definition) is 5. The lowest BCUT2D eigenvalue weighted by Crippen LogP contribution is -2.45. The van der Waals surface area contributed by atoms with E-state index in [0.29, 0.717) is 29.6 Å². The minimum Gasteiger partial charge on any atom is -0.378 e. The molecular formula is C11H13ClN4O. The zero-order chi connectivity index (χ0) is 12.1. The van der Waals surface area contributed by atoms with Gasteiger partial charge in [-0.3, -0.25) is 0 Å². The van der Waals surface area contributed by atoms with Gasteiger partial charge in [-0.15, -0.1) is 0 Å². The van der Waals surface area contributed by atoms with Crippen LogP contribution in [0.2, 0.25) is 5.02 Å². The minimum atomic E-state index is 0.243. The molecule has 0 spiro atoms. The Morgan fingerprint density at radius 3 is 3.29 bits per heavy atom. The van der Waals surface area contributed by atoms with Crippen molar-refractivity contribution in [3.05, 3.63) is 22.8 Å². The van der Waals surface area contributed by atoms with Gasteiger partial charge in [0.2, 0.25) is 0 Å². The van der Waals surface area contributed by atoms with Gasteiger partial charge in [0.1, 0.15) is 16.9 Å². The smallest absolute Gasteiger partial charge is 0.146 e. The Morgan fingerprint density at radius 2 is 2.59 bits per heavy atom. The molecule has 5 nitrogen and oxygen atoms in total. The Hall–Kier alpha value is -1.35. The third-order valence-electron chi connectivity index (χ3n) is 2.52. The first kappa shape index (κ1) is 12.1. The van der Waals surface area contributed by atoms with E-state index in [1.807, 2.05) is 6.07 Å². The molecule has 17 heavy (non-hydrogen) atoms. The molecule has 0 aromatic carbocycles. The molecular weight excluding hydrogens is 240 g/mol. The van der Waals surface area contributed by atoms with Crippen LogP contribution in [0.5, 0.6) is 0 Å². The number of halogens is 1. The van der Waals surface area contributed by atoms with Gasteiger partial charge in [0.25, 0.3) is 0 Å². The number of nitrogens with one attached hydrogen (secondary N) is 2. The van der Waals surface area contributed by atoms with E-state index in [1.54, 1.807) is 12.3 Å². The highest BCUT2D eigenvalue weighted by Crippen LogP contribution is 2.22. The molecule has 1 aromatic heterocycles. The number of anilines is 1. The SMILES string of the molecule is N#Cc1ccnc(NCC2COCCN2)c1Cl. The van der Waals surface area contributed by atoms with Gasteiger partial charge in [0.15, 0.2) is 0 Å². The zero-order valence-electron chi connectivity index (χ0n) is 9.24. The highest BCUT2D eigenvalue weighted by atomic mass is 35.5. The molecule has 6 heteroatoms. The van der Waals surface area contributed by atoms with Gasteiger partial charge in [-0.05, 0) is 6.07 Å². The minimum absolute atomic E-state index is 0.243. The van der Waals surface area contributed by atoms with Crippen LogP contribution in [-0.4, -0.2) is 37.3 Å². The number of aromatic nitrogens is 1. The second-order valence-electron chi connectivity index (χ2n) is 3.74. The first-order valence-corrected chi connectivity index (χ1v) is 5.78. The fourth-order valence-corrected chi connectivity index (χ4v) is 1.84. The van der Waals surface area contributed by atoms with Crippen molar-refractivity contribution in [3.8, 4) is 6.07 Å². The largest absolute Gasteiger partial charge is 0.378 e. The number of nitriles is 1. The van der Waals surface area contributed by atoms with Crippen LogP contribution >= 0.6 is 11.6 Å². The van der Waals surface area contributed by atoms with Gasteiger partial charge in [-0.25, -0.2) is 4.98 Å². The van der Waals surface area contributed by atoms with Crippen molar-refractivity contribution in [2.45, 2.75) is 6.04 Å². The molecule has 0 saturated carbocycles. The van der Waals surface area contributed by atoms with Crippen LogP contribution in [0.25, 0.3) is 0 Å². The van der Waals surface area contributed by atoms with Crippen LogP contribution in [0.4, 0.5) is 5.82 Å². The van der Waals surface area contributed by atoms with Gasteiger partial charge in [0, 0.05) is 25.3 Å². The summed E-state index contributed by atoms with van der Waals surface area (Å²) in [6, 6.07) is 3.86. The molecule has 0 radical (unpaired) electrons. The van der Waals surface area contributed by atoms with E-state index >= 15 is 0 Å². The van der Waals surface area contributed by atoms with Crippen LogP contribution in [0.15, 0.2) is 12.3 Å². The third kappa shape index (κ3) is 3.07. The van der Waals surface area contributed by atoms with E-state index in [2.05, 4.69) is 15.6 Å².